The number of hydrogen-bond donors (Lipinski definition) is 8. The zero-order valence-corrected chi connectivity index (χ0v) is 23.3. The van der Waals surface area contributed by atoms with Gasteiger partial charge >= 0.3 is 5.97 Å². The first-order valence-corrected chi connectivity index (χ1v) is 13.4. The standard InChI is InChI=1S/C29H36N6O7/c1-15(2)25(29(41)42)35-28(40)22(12-17-14-32-21-6-4-3-5-19(17)21)34-27(39)23(13-24(31)37)33-26(38)20(30)11-16-7-9-18(36)10-8-16/h3-10,14-15,20,22-23,25,32,36H,11-13,30H2,1-2H3,(H2,31,37)(H,33,38)(H,34,39)(H,35,40)(H,41,42). The molecule has 0 radical (unpaired) electrons. The fraction of sp³-hybridized carbons (Fsp3) is 0.345. The number of amides is 4. The van der Waals surface area contributed by atoms with Crippen molar-refractivity contribution in [3.05, 3.63) is 65.9 Å². The van der Waals surface area contributed by atoms with Crippen molar-refractivity contribution in [1.29, 1.82) is 0 Å². The largest absolute Gasteiger partial charge is 0.508 e. The van der Waals surface area contributed by atoms with Crippen molar-refractivity contribution in [1.82, 2.24) is 20.9 Å². The number of carbonyl (C=O) groups excluding carboxylic acids is 4. The maximum Gasteiger partial charge on any atom is 0.326 e. The monoisotopic (exact) mass is 580 g/mol. The Morgan fingerprint density at radius 3 is 2.10 bits per heavy atom. The van der Waals surface area contributed by atoms with Crippen LogP contribution >= 0.6 is 0 Å². The summed E-state index contributed by atoms with van der Waals surface area (Å²) < 4.78 is 0. The highest BCUT2D eigenvalue weighted by Gasteiger charge is 2.32. The van der Waals surface area contributed by atoms with Gasteiger partial charge in [-0.1, -0.05) is 44.2 Å². The van der Waals surface area contributed by atoms with E-state index >= 15 is 0 Å². The van der Waals surface area contributed by atoms with Crippen LogP contribution < -0.4 is 27.4 Å². The van der Waals surface area contributed by atoms with Crippen LogP contribution in [0, 0.1) is 5.92 Å². The number of aromatic hydroxyl groups is 1. The van der Waals surface area contributed by atoms with Crippen LogP contribution in [0.2, 0.25) is 0 Å². The normalized spacial score (nSPS) is 14.0. The van der Waals surface area contributed by atoms with Crippen LogP contribution in [0.3, 0.4) is 0 Å². The number of carbonyl (C=O) groups is 5. The number of primary amides is 1. The Bertz CT molecular complexity index is 1440. The number of phenolic OH excluding ortho intramolecular Hbond substituents is 1. The summed E-state index contributed by atoms with van der Waals surface area (Å²) in [7, 11) is 0. The minimum absolute atomic E-state index is 0.0242. The van der Waals surface area contributed by atoms with Crippen LogP contribution in [-0.2, 0) is 36.8 Å². The first kappa shape index (κ1) is 31.6. The average Bonchev–Trinajstić information content (AvgIpc) is 3.34. The van der Waals surface area contributed by atoms with Gasteiger partial charge in [-0.3, -0.25) is 19.2 Å². The van der Waals surface area contributed by atoms with Gasteiger partial charge in [0.1, 0.15) is 23.9 Å². The van der Waals surface area contributed by atoms with E-state index in [0.29, 0.717) is 11.1 Å². The van der Waals surface area contributed by atoms with Crippen LogP contribution in [0.15, 0.2) is 54.7 Å². The molecule has 0 spiro atoms. The molecule has 10 N–H and O–H groups in total. The lowest BCUT2D eigenvalue weighted by molar-refractivity contribution is -0.143. The molecule has 0 aliphatic heterocycles. The van der Waals surface area contributed by atoms with Crippen molar-refractivity contribution < 1.29 is 34.2 Å². The van der Waals surface area contributed by atoms with Gasteiger partial charge in [0.25, 0.3) is 0 Å². The summed E-state index contributed by atoms with van der Waals surface area (Å²) in [5.41, 5.74) is 13.5. The van der Waals surface area contributed by atoms with Crippen molar-refractivity contribution in [2.24, 2.45) is 17.4 Å². The zero-order valence-electron chi connectivity index (χ0n) is 23.3. The third kappa shape index (κ3) is 8.54. The van der Waals surface area contributed by atoms with Crippen molar-refractivity contribution in [2.45, 2.75) is 57.3 Å². The number of aromatic nitrogens is 1. The fourth-order valence-corrected chi connectivity index (χ4v) is 4.44. The first-order valence-electron chi connectivity index (χ1n) is 13.4. The molecule has 0 saturated heterocycles. The average molecular weight is 581 g/mol. The van der Waals surface area contributed by atoms with E-state index < -0.39 is 66.1 Å². The zero-order chi connectivity index (χ0) is 31.0. The number of para-hydroxylation sites is 1. The Labute approximate surface area is 242 Å². The molecule has 13 nitrogen and oxygen atoms in total. The maximum absolute atomic E-state index is 13.4. The summed E-state index contributed by atoms with van der Waals surface area (Å²) in [4.78, 5) is 66.2. The second-order valence-electron chi connectivity index (χ2n) is 10.4. The SMILES string of the molecule is CC(C)C(NC(=O)C(Cc1c[nH]c2ccccc12)NC(=O)C(CC(N)=O)NC(=O)C(N)Cc1ccc(O)cc1)C(=O)O. The van der Waals surface area contributed by atoms with Crippen LogP contribution in [0.5, 0.6) is 5.75 Å². The minimum atomic E-state index is -1.46. The molecule has 0 fully saturated rings. The topological polar surface area (TPSA) is 230 Å². The van der Waals surface area contributed by atoms with Crippen LogP contribution in [0.4, 0.5) is 0 Å². The first-order chi connectivity index (χ1) is 19.8. The molecular weight excluding hydrogens is 544 g/mol. The molecule has 1 aromatic heterocycles. The second-order valence-corrected chi connectivity index (χ2v) is 10.4. The van der Waals surface area contributed by atoms with E-state index in [9.17, 15) is 34.2 Å². The van der Waals surface area contributed by atoms with E-state index in [2.05, 4.69) is 20.9 Å². The molecule has 1 heterocycles. The minimum Gasteiger partial charge on any atom is -0.508 e. The van der Waals surface area contributed by atoms with Crippen LogP contribution in [-0.4, -0.2) is 69.0 Å². The number of fused-ring (bicyclic) bond motifs is 1. The molecule has 0 aliphatic rings. The maximum atomic E-state index is 13.4. The molecular formula is C29H36N6O7. The van der Waals surface area contributed by atoms with Gasteiger partial charge in [-0.05, 0) is 41.7 Å². The van der Waals surface area contributed by atoms with Crippen molar-refractivity contribution in [2.75, 3.05) is 0 Å². The van der Waals surface area contributed by atoms with Crippen molar-refractivity contribution in [3.8, 4) is 5.75 Å². The van der Waals surface area contributed by atoms with Crippen LogP contribution in [0.1, 0.15) is 31.4 Å². The van der Waals surface area contributed by atoms with E-state index in [4.69, 9.17) is 11.5 Å². The highest BCUT2D eigenvalue weighted by molar-refractivity contribution is 5.96. The molecule has 0 saturated carbocycles. The Balaban J connectivity index is 1.82. The number of carboxylic acids is 1. The van der Waals surface area contributed by atoms with Gasteiger partial charge in [0, 0.05) is 23.5 Å². The quantitative estimate of drug-likeness (QED) is 0.130. The summed E-state index contributed by atoms with van der Waals surface area (Å²) in [5.74, 6) is -4.91. The van der Waals surface area contributed by atoms with E-state index in [1.807, 2.05) is 24.3 Å². The Morgan fingerprint density at radius 2 is 1.48 bits per heavy atom. The van der Waals surface area contributed by atoms with E-state index in [0.717, 1.165) is 10.9 Å². The Hall–Kier alpha value is -4.91. The Kier molecular flexibility index (Phi) is 10.6. The van der Waals surface area contributed by atoms with Gasteiger partial charge in [-0.25, -0.2) is 4.79 Å². The van der Waals surface area contributed by atoms with Crippen LogP contribution in [0.25, 0.3) is 10.9 Å². The summed E-state index contributed by atoms with van der Waals surface area (Å²) in [6, 6.07) is 8.32. The number of nitrogens with one attached hydrogen (secondary N) is 4. The van der Waals surface area contributed by atoms with Crippen molar-refractivity contribution in [3.63, 3.8) is 0 Å². The molecule has 3 rings (SSSR count). The number of carboxylic acid groups (broad SMARTS) is 1. The smallest absolute Gasteiger partial charge is 0.326 e. The molecule has 224 valence electrons. The van der Waals surface area contributed by atoms with Gasteiger partial charge in [0.15, 0.2) is 0 Å². The summed E-state index contributed by atoms with van der Waals surface area (Å²) in [6.07, 6.45) is 1.16. The van der Waals surface area contributed by atoms with Crippen molar-refractivity contribution >= 4 is 40.5 Å². The molecule has 13 heteroatoms. The number of aromatic amines is 1. The van der Waals surface area contributed by atoms with E-state index in [1.54, 1.807) is 32.2 Å². The molecule has 0 aliphatic carbocycles. The second kappa shape index (κ2) is 14.1. The van der Waals surface area contributed by atoms with E-state index in [1.165, 1.54) is 12.1 Å². The van der Waals surface area contributed by atoms with Gasteiger partial charge < -0.3 is 42.6 Å². The third-order valence-electron chi connectivity index (χ3n) is 6.73. The molecule has 0 bridgehead atoms. The lowest BCUT2D eigenvalue weighted by atomic mass is 10.0. The fourth-order valence-electron chi connectivity index (χ4n) is 4.44. The molecule has 3 aromatic rings. The third-order valence-corrected chi connectivity index (χ3v) is 6.73. The van der Waals surface area contributed by atoms with Gasteiger partial charge in [0.05, 0.1) is 12.5 Å². The molecule has 42 heavy (non-hydrogen) atoms. The predicted molar refractivity (Wildman–Crippen MR) is 154 cm³/mol. The van der Waals surface area contributed by atoms with Gasteiger partial charge in [0.2, 0.25) is 23.6 Å². The predicted octanol–water partition coefficient (Wildman–Crippen LogP) is 0.0564. The summed E-state index contributed by atoms with van der Waals surface area (Å²) in [6.45, 7) is 3.26. The molecule has 4 unspecified atom stereocenters. The number of rotatable bonds is 14. The number of hydrogen-bond acceptors (Lipinski definition) is 7. The number of benzene rings is 2. The molecule has 4 atom stereocenters. The van der Waals surface area contributed by atoms with Gasteiger partial charge in [-0.15, -0.1) is 0 Å². The highest BCUT2D eigenvalue weighted by atomic mass is 16.4. The lowest BCUT2D eigenvalue weighted by Crippen LogP contribution is -2.58. The summed E-state index contributed by atoms with van der Waals surface area (Å²) in [5, 5.41) is 27.3. The summed E-state index contributed by atoms with van der Waals surface area (Å²) >= 11 is 0. The number of H-pyrrole nitrogens is 1. The molecule has 4 amide bonds. The van der Waals surface area contributed by atoms with Gasteiger partial charge in [-0.2, -0.15) is 0 Å². The Morgan fingerprint density at radius 1 is 0.857 bits per heavy atom. The lowest BCUT2D eigenvalue weighted by Gasteiger charge is -2.25. The highest BCUT2D eigenvalue weighted by Crippen LogP contribution is 2.19. The molecule has 2 aromatic carbocycles. The number of aliphatic carboxylic acids is 1. The number of nitrogens with two attached hydrogens (primary N) is 2. The van der Waals surface area contributed by atoms with E-state index in [-0.39, 0.29) is 18.6 Å². The number of phenols is 1.